The van der Waals surface area contributed by atoms with Gasteiger partial charge in [-0.25, -0.2) is 0 Å². The van der Waals surface area contributed by atoms with E-state index in [4.69, 9.17) is 5.73 Å². The Labute approximate surface area is 85.3 Å². The van der Waals surface area contributed by atoms with E-state index in [1.54, 1.807) is 11.1 Å². The van der Waals surface area contributed by atoms with Crippen molar-refractivity contribution >= 4 is 0 Å². The zero-order valence-corrected chi connectivity index (χ0v) is 8.45. The molecule has 1 saturated carbocycles. The van der Waals surface area contributed by atoms with Gasteiger partial charge in [0.1, 0.15) is 0 Å². The number of hydrogen-bond donors (Lipinski definition) is 1. The van der Waals surface area contributed by atoms with Crippen LogP contribution < -0.4 is 5.73 Å². The van der Waals surface area contributed by atoms with E-state index in [0.717, 1.165) is 24.3 Å². The summed E-state index contributed by atoms with van der Waals surface area (Å²) in [5.74, 6) is 2.68. The van der Waals surface area contributed by atoms with Gasteiger partial charge in [-0.05, 0) is 54.7 Å². The number of benzene rings is 1. The summed E-state index contributed by atoms with van der Waals surface area (Å²) < 4.78 is 0. The fraction of sp³-hybridized carbons (Fsp3) is 0.538. The first-order chi connectivity index (χ1) is 6.88. The monoisotopic (exact) mass is 187 g/mol. The summed E-state index contributed by atoms with van der Waals surface area (Å²) in [5.41, 5.74) is 8.86. The summed E-state index contributed by atoms with van der Waals surface area (Å²) in [6, 6.07) is 8.90. The number of nitrogens with two attached hydrogens (primary N) is 1. The van der Waals surface area contributed by atoms with Gasteiger partial charge >= 0.3 is 0 Å². The van der Waals surface area contributed by atoms with Gasteiger partial charge in [-0.3, -0.25) is 0 Å². The number of hydrogen-bond acceptors (Lipinski definition) is 1. The Bertz CT molecular complexity index is 320. The van der Waals surface area contributed by atoms with E-state index in [-0.39, 0.29) is 0 Å². The third-order valence-electron chi connectivity index (χ3n) is 3.97. The highest BCUT2D eigenvalue weighted by Crippen LogP contribution is 2.48. The van der Waals surface area contributed by atoms with Crippen molar-refractivity contribution in [3.8, 4) is 0 Å². The molecule has 0 spiro atoms. The van der Waals surface area contributed by atoms with Gasteiger partial charge in [0.2, 0.25) is 0 Å². The Hall–Kier alpha value is -0.820. The highest BCUT2D eigenvalue weighted by Gasteiger charge is 2.43. The molecule has 1 aromatic carbocycles. The van der Waals surface area contributed by atoms with Crippen LogP contribution in [0.3, 0.4) is 0 Å². The minimum atomic E-state index is 0.842. The molecular weight excluding hydrogens is 170 g/mol. The molecule has 2 aliphatic rings. The van der Waals surface area contributed by atoms with Gasteiger partial charge in [-0.1, -0.05) is 24.3 Å². The van der Waals surface area contributed by atoms with Gasteiger partial charge < -0.3 is 5.73 Å². The first-order valence-electron chi connectivity index (χ1n) is 5.65. The third kappa shape index (κ3) is 1.27. The predicted molar refractivity (Wildman–Crippen MR) is 58.0 cm³/mol. The Balaban J connectivity index is 1.73. The maximum absolute atomic E-state index is 5.70. The molecule has 1 fully saturated rings. The first kappa shape index (κ1) is 8.49. The standard InChI is InChI=1S/C13H17N/c14-8-12-7-13(12)11-5-9-3-1-2-4-10(9)6-11/h1-4,11-13H,5-8,14H2. The smallest absolute Gasteiger partial charge is 0.00460 e. The SMILES string of the molecule is NCC1CC1C1Cc2ccccc2C1. The van der Waals surface area contributed by atoms with Gasteiger partial charge in [0.05, 0.1) is 0 Å². The van der Waals surface area contributed by atoms with Crippen molar-refractivity contribution < 1.29 is 0 Å². The van der Waals surface area contributed by atoms with Crippen LogP contribution in [-0.4, -0.2) is 6.54 Å². The van der Waals surface area contributed by atoms with Crippen LogP contribution in [0.1, 0.15) is 17.5 Å². The zero-order chi connectivity index (χ0) is 9.54. The second kappa shape index (κ2) is 3.09. The van der Waals surface area contributed by atoms with Crippen LogP contribution in [0.25, 0.3) is 0 Å². The van der Waals surface area contributed by atoms with Crippen molar-refractivity contribution in [3.05, 3.63) is 35.4 Å². The topological polar surface area (TPSA) is 26.0 Å². The Morgan fingerprint density at radius 1 is 1.14 bits per heavy atom. The molecule has 3 rings (SSSR count). The second-order valence-electron chi connectivity index (χ2n) is 4.83. The Kier molecular flexibility index (Phi) is 1.88. The van der Waals surface area contributed by atoms with Crippen molar-refractivity contribution in [3.63, 3.8) is 0 Å². The molecule has 0 bridgehead atoms. The number of rotatable bonds is 2. The molecule has 1 nitrogen and oxygen atoms in total. The molecule has 2 unspecified atom stereocenters. The molecule has 2 atom stereocenters. The van der Waals surface area contributed by atoms with Crippen LogP contribution in [0.2, 0.25) is 0 Å². The molecular formula is C13H17N. The lowest BCUT2D eigenvalue weighted by atomic mass is 9.99. The lowest BCUT2D eigenvalue weighted by Crippen LogP contribution is -2.09. The van der Waals surface area contributed by atoms with Gasteiger partial charge in [0, 0.05) is 0 Å². The molecule has 1 heteroatoms. The van der Waals surface area contributed by atoms with E-state index in [1.807, 2.05) is 0 Å². The zero-order valence-electron chi connectivity index (χ0n) is 8.45. The normalized spacial score (nSPS) is 30.4. The Morgan fingerprint density at radius 2 is 1.79 bits per heavy atom. The van der Waals surface area contributed by atoms with Crippen LogP contribution in [0.5, 0.6) is 0 Å². The van der Waals surface area contributed by atoms with Crippen LogP contribution >= 0.6 is 0 Å². The molecule has 0 aromatic heterocycles. The quantitative estimate of drug-likeness (QED) is 0.753. The summed E-state index contributed by atoms with van der Waals surface area (Å²) in [5, 5.41) is 0. The van der Waals surface area contributed by atoms with Crippen molar-refractivity contribution in [2.45, 2.75) is 19.3 Å². The van der Waals surface area contributed by atoms with Gasteiger partial charge in [0.15, 0.2) is 0 Å². The molecule has 0 saturated heterocycles. The van der Waals surface area contributed by atoms with E-state index in [0.29, 0.717) is 0 Å². The van der Waals surface area contributed by atoms with Crippen LogP contribution in [-0.2, 0) is 12.8 Å². The lowest BCUT2D eigenvalue weighted by molar-refractivity contribution is 0.459. The predicted octanol–water partition coefficient (Wildman–Crippen LogP) is 2.00. The molecule has 2 aliphatic carbocycles. The molecule has 0 aliphatic heterocycles. The van der Waals surface area contributed by atoms with E-state index < -0.39 is 0 Å². The average Bonchev–Trinajstić information content (AvgIpc) is 2.89. The van der Waals surface area contributed by atoms with E-state index in [2.05, 4.69) is 24.3 Å². The van der Waals surface area contributed by atoms with Crippen molar-refractivity contribution in [2.24, 2.45) is 23.5 Å². The molecule has 14 heavy (non-hydrogen) atoms. The summed E-state index contributed by atoms with van der Waals surface area (Å²) in [6.45, 7) is 0.900. The maximum Gasteiger partial charge on any atom is -0.00460 e. The molecule has 1 aromatic rings. The van der Waals surface area contributed by atoms with Gasteiger partial charge in [-0.15, -0.1) is 0 Å². The first-order valence-corrected chi connectivity index (χ1v) is 5.65. The highest BCUT2D eigenvalue weighted by atomic mass is 14.6. The van der Waals surface area contributed by atoms with Crippen LogP contribution in [0.4, 0.5) is 0 Å². The molecule has 74 valence electrons. The maximum atomic E-state index is 5.70. The lowest BCUT2D eigenvalue weighted by Gasteiger charge is -2.06. The van der Waals surface area contributed by atoms with E-state index in [9.17, 15) is 0 Å². The van der Waals surface area contributed by atoms with Gasteiger partial charge in [0.25, 0.3) is 0 Å². The summed E-state index contributed by atoms with van der Waals surface area (Å²) >= 11 is 0. The van der Waals surface area contributed by atoms with Gasteiger partial charge in [-0.2, -0.15) is 0 Å². The fourth-order valence-electron chi connectivity index (χ4n) is 3.02. The molecule has 0 amide bonds. The highest BCUT2D eigenvalue weighted by molar-refractivity contribution is 5.32. The molecule has 0 radical (unpaired) electrons. The Morgan fingerprint density at radius 3 is 2.29 bits per heavy atom. The largest absolute Gasteiger partial charge is 0.330 e. The van der Waals surface area contributed by atoms with E-state index >= 15 is 0 Å². The number of fused-ring (bicyclic) bond motifs is 1. The van der Waals surface area contributed by atoms with Crippen molar-refractivity contribution in [1.29, 1.82) is 0 Å². The van der Waals surface area contributed by atoms with Crippen LogP contribution in [0.15, 0.2) is 24.3 Å². The molecule has 2 N–H and O–H groups in total. The third-order valence-corrected chi connectivity index (χ3v) is 3.97. The molecule has 0 heterocycles. The van der Waals surface area contributed by atoms with Crippen molar-refractivity contribution in [2.75, 3.05) is 6.54 Å². The minimum absolute atomic E-state index is 0.842. The summed E-state index contributed by atoms with van der Waals surface area (Å²) in [6.07, 6.45) is 3.99. The minimum Gasteiger partial charge on any atom is -0.330 e. The van der Waals surface area contributed by atoms with E-state index in [1.165, 1.54) is 19.3 Å². The average molecular weight is 187 g/mol. The summed E-state index contributed by atoms with van der Waals surface area (Å²) in [7, 11) is 0. The van der Waals surface area contributed by atoms with Crippen molar-refractivity contribution in [1.82, 2.24) is 0 Å². The summed E-state index contributed by atoms with van der Waals surface area (Å²) in [4.78, 5) is 0. The van der Waals surface area contributed by atoms with Crippen LogP contribution in [0, 0.1) is 17.8 Å². The fourth-order valence-corrected chi connectivity index (χ4v) is 3.02. The second-order valence-corrected chi connectivity index (χ2v) is 4.83.